The van der Waals surface area contributed by atoms with Crippen LogP contribution in [-0.4, -0.2) is 38.5 Å². The van der Waals surface area contributed by atoms with Crippen LogP contribution >= 0.6 is 0 Å². The minimum Gasteiger partial charge on any atom is -0.394 e. The Hall–Kier alpha value is -2.34. The summed E-state index contributed by atoms with van der Waals surface area (Å²) < 4.78 is 1.63. The van der Waals surface area contributed by atoms with Crippen molar-refractivity contribution in [2.45, 2.75) is 26.4 Å². The first kappa shape index (κ1) is 17.0. The van der Waals surface area contributed by atoms with E-state index in [2.05, 4.69) is 10.4 Å². The van der Waals surface area contributed by atoms with E-state index >= 15 is 0 Å². The fourth-order valence-electron chi connectivity index (χ4n) is 2.47. The van der Waals surface area contributed by atoms with Crippen molar-refractivity contribution in [1.29, 1.82) is 0 Å². The lowest BCUT2D eigenvalue weighted by Crippen LogP contribution is -2.47. The Morgan fingerprint density at radius 2 is 2.04 bits per heavy atom. The van der Waals surface area contributed by atoms with Crippen LogP contribution in [0.2, 0.25) is 0 Å². The number of carbonyl (C=O) groups is 1. The number of aromatic nitrogens is 2. The molecule has 0 aliphatic carbocycles. The molecule has 0 aliphatic heterocycles. The molecule has 2 N–H and O–H groups in total. The Labute approximate surface area is 136 Å². The summed E-state index contributed by atoms with van der Waals surface area (Å²) in [6, 6.07) is 9.26. The number of hydrogen-bond donors (Lipinski definition) is 2. The van der Waals surface area contributed by atoms with Gasteiger partial charge >= 0.3 is 6.03 Å². The van der Waals surface area contributed by atoms with E-state index in [1.54, 1.807) is 29.0 Å². The van der Waals surface area contributed by atoms with Crippen molar-refractivity contribution in [1.82, 2.24) is 14.7 Å². The third-order valence-electron chi connectivity index (χ3n) is 3.77. The van der Waals surface area contributed by atoms with Crippen molar-refractivity contribution in [2.24, 2.45) is 13.0 Å². The molecular formula is C17H24N4O2. The van der Waals surface area contributed by atoms with E-state index in [4.69, 9.17) is 0 Å². The summed E-state index contributed by atoms with van der Waals surface area (Å²) in [5.74, 6) is 0.142. The highest BCUT2D eigenvalue weighted by Crippen LogP contribution is 2.17. The SMILES string of the molecule is CC(C)[C@@H](CO)N(Cc1ccccc1)C(=O)Nc1cnn(C)c1. The highest BCUT2D eigenvalue weighted by Gasteiger charge is 2.26. The van der Waals surface area contributed by atoms with Gasteiger partial charge in [-0.3, -0.25) is 4.68 Å². The minimum atomic E-state index is -0.258. The standard InChI is InChI=1S/C17H24N4O2/c1-13(2)16(12-22)21(10-14-7-5-4-6-8-14)17(23)19-15-9-18-20(3)11-15/h4-9,11,13,16,22H,10,12H2,1-3H3,(H,19,23)/t16-/m1/s1. The van der Waals surface area contributed by atoms with E-state index in [0.717, 1.165) is 5.56 Å². The van der Waals surface area contributed by atoms with Crippen molar-refractivity contribution >= 4 is 11.7 Å². The number of nitrogens with zero attached hydrogens (tertiary/aromatic N) is 3. The van der Waals surface area contributed by atoms with E-state index in [1.807, 2.05) is 44.2 Å². The molecule has 0 unspecified atom stereocenters. The molecule has 6 heteroatoms. The van der Waals surface area contributed by atoms with Crippen LogP contribution in [0.25, 0.3) is 0 Å². The van der Waals surface area contributed by atoms with Gasteiger partial charge in [0.25, 0.3) is 0 Å². The van der Waals surface area contributed by atoms with E-state index in [1.165, 1.54) is 0 Å². The molecule has 2 rings (SSSR count). The molecule has 0 fully saturated rings. The molecule has 0 radical (unpaired) electrons. The van der Waals surface area contributed by atoms with Crippen LogP contribution in [0.5, 0.6) is 0 Å². The van der Waals surface area contributed by atoms with Crippen molar-refractivity contribution in [3.05, 3.63) is 48.3 Å². The molecule has 1 heterocycles. The lowest BCUT2D eigenvalue weighted by Gasteiger charge is -2.33. The fraction of sp³-hybridized carbons (Fsp3) is 0.412. The fourth-order valence-corrected chi connectivity index (χ4v) is 2.47. The molecule has 2 aromatic rings. The number of benzene rings is 1. The Morgan fingerprint density at radius 3 is 2.57 bits per heavy atom. The Balaban J connectivity index is 2.19. The topological polar surface area (TPSA) is 70.4 Å². The van der Waals surface area contributed by atoms with E-state index < -0.39 is 0 Å². The van der Waals surface area contributed by atoms with Crippen LogP contribution in [0.1, 0.15) is 19.4 Å². The Morgan fingerprint density at radius 1 is 1.35 bits per heavy atom. The van der Waals surface area contributed by atoms with Gasteiger partial charge in [0.05, 0.1) is 24.5 Å². The van der Waals surface area contributed by atoms with Gasteiger partial charge < -0.3 is 15.3 Å². The lowest BCUT2D eigenvalue weighted by atomic mass is 10.0. The molecule has 1 aromatic heterocycles. The van der Waals surface area contributed by atoms with Crippen LogP contribution < -0.4 is 5.32 Å². The lowest BCUT2D eigenvalue weighted by molar-refractivity contribution is 0.110. The number of carbonyl (C=O) groups excluding carboxylic acids is 1. The first-order chi connectivity index (χ1) is 11.0. The number of aliphatic hydroxyl groups excluding tert-OH is 1. The van der Waals surface area contributed by atoms with Crippen LogP contribution in [0.3, 0.4) is 0 Å². The van der Waals surface area contributed by atoms with Gasteiger partial charge in [0.1, 0.15) is 0 Å². The molecule has 0 aliphatic rings. The summed E-state index contributed by atoms with van der Waals surface area (Å²) >= 11 is 0. The summed E-state index contributed by atoms with van der Waals surface area (Å²) in [6.07, 6.45) is 3.34. The molecule has 124 valence electrons. The molecule has 2 amide bonds. The van der Waals surface area contributed by atoms with Crippen molar-refractivity contribution in [3.8, 4) is 0 Å². The van der Waals surface area contributed by atoms with Crippen LogP contribution in [0, 0.1) is 5.92 Å². The number of amides is 2. The van der Waals surface area contributed by atoms with E-state index in [0.29, 0.717) is 12.2 Å². The molecule has 23 heavy (non-hydrogen) atoms. The van der Waals surface area contributed by atoms with Gasteiger partial charge in [-0.2, -0.15) is 5.10 Å². The van der Waals surface area contributed by atoms with Gasteiger partial charge in [0.15, 0.2) is 0 Å². The molecular weight excluding hydrogens is 292 g/mol. The van der Waals surface area contributed by atoms with Gasteiger partial charge in [-0.15, -0.1) is 0 Å². The molecule has 1 aromatic carbocycles. The second-order valence-corrected chi connectivity index (χ2v) is 5.94. The minimum absolute atomic E-state index is 0.0784. The molecule has 0 bridgehead atoms. The number of anilines is 1. The largest absolute Gasteiger partial charge is 0.394 e. The highest BCUT2D eigenvalue weighted by molar-refractivity contribution is 5.89. The van der Waals surface area contributed by atoms with Crippen LogP contribution in [0.4, 0.5) is 10.5 Å². The number of aliphatic hydroxyl groups is 1. The van der Waals surface area contributed by atoms with Crippen LogP contribution in [-0.2, 0) is 13.6 Å². The van der Waals surface area contributed by atoms with Gasteiger partial charge in [-0.05, 0) is 11.5 Å². The predicted octanol–water partition coefficient (Wildman–Crippen LogP) is 2.47. The number of urea groups is 1. The quantitative estimate of drug-likeness (QED) is 0.860. The number of nitrogens with one attached hydrogen (secondary N) is 1. The normalized spacial score (nSPS) is 12.2. The maximum absolute atomic E-state index is 12.7. The van der Waals surface area contributed by atoms with Gasteiger partial charge in [-0.25, -0.2) is 4.79 Å². The Bertz CT molecular complexity index is 625. The maximum atomic E-state index is 12.7. The highest BCUT2D eigenvalue weighted by atomic mass is 16.3. The first-order valence-electron chi connectivity index (χ1n) is 7.72. The molecule has 0 spiro atoms. The zero-order valence-electron chi connectivity index (χ0n) is 13.8. The maximum Gasteiger partial charge on any atom is 0.322 e. The van der Waals surface area contributed by atoms with Crippen LogP contribution in [0.15, 0.2) is 42.7 Å². The Kier molecular flexibility index (Phi) is 5.76. The van der Waals surface area contributed by atoms with Gasteiger partial charge in [0, 0.05) is 19.8 Å². The third-order valence-corrected chi connectivity index (χ3v) is 3.77. The zero-order chi connectivity index (χ0) is 16.8. The predicted molar refractivity (Wildman–Crippen MR) is 89.9 cm³/mol. The van der Waals surface area contributed by atoms with Crippen molar-refractivity contribution in [2.75, 3.05) is 11.9 Å². The second kappa shape index (κ2) is 7.78. The van der Waals surface area contributed by atoms with Gasteiger partial charge in [-0.1, -0.05) is 44.2 Å². The summed E-state index contributed by atoms with van der Waals surface area (Å²) in [5, 5.41) is 16.6. The summed E-state index contributed by atoms with van der Waals surface area (Å²) in [4.78, 5) is 14.4. The average molecular weight is 316 g/mol. The summed E-state index contributed by atoms with van der Waals surface area (Å²) in [7, 11) is 1.79. The summed E-state index contributed by atoms with van der Waals surface area (Å²) in [5.41, 5.74) is 1.66. The molecule has 0 saturated heterocycles. The monoisotopic (exact) mass is 316 g/mol. The number of rotatable bonds is 6. The van der Waals surface area contributed by atoms with Crippen molar-refractivity contribution in [3.63, 3.8) is 0 Å². The average Bonchev–Trinajstić information content (AvgIpc) is 2.92. The first-order valence-corrected chi connectivity index (χ1v) is 7.72. The third kappa shape index (κ3) is 4.56. The zero-order valence-corrected chi connectivity index (χ0v) is 13.8. The molecule has 1 atom stereocenters. The second-order valence-electron chi connectivity index (χ2n) is 5.94. The molecule has 6 nitrogen and oxygen atoms in total. The molecule has 0 saturated carbocycles. The number of hydrogen-bond acceptors (Lipinski definition) is 3. The van der Waals surface area contributed by atoms with Crippen molar-refractivity contribution < 1.29 is 9.90 Å². The van der Waals surface area contributed by atoms with E-state index in [9.17, 15) is 9.90 Å². The summed E-state index contributed by atoms with van der Waals surface area (Å²) in [6.45, 7) is 4.35. The van der Waals surface area contributed by atoms with E-state index in [-0.39, 0.29) is 24.6 Å². The number of aryl methyl sites for hydroxylation is 1. The van der Waals surface area contributed by atoms with Gasteiger partial charge in [0.2, 0.25) is 0 Å². The smallest absolute Gasteiger partial charge is 0.322 e.